The van der Waals surface area contributed by atoms with Crippen LogP contribution in [0, 0.1) is 0 Å². The van der Waals surface area contributed by atoms with Gasteiger partial charge < -0.3 is 0 Å². The van der Waals surface area contributed by atoms with E-state index in [1.165, 1.54) is 50.5 Å². The third-order valence-corrected chi connectivity index (χ3v) is 3.41. The lowest BCUT2D eigenvalue weighted by atomic mass is 10.4. The summed E-state index contributed by atoms with van der Waals surface area (Å²) in [5, 5.41) is 5.09. The zero-order valence-electron chi connectivity index (χ0n) is 6.96. The molecule has 0 N–H and O–H groups in total. The van der Waals surface area contributed by atoms with E-state index in [4.69, 9.17) is 0 Å². The van der Waals surface area contributed by atoms with Gasteiger partial charge in [-0.1, -0.05) is 0 Å². The summed E-state index contributed by atoms with van der Waals surface area (Å²) < 4.78 is 0. The summed E-state index contributed by atoms with van der Waals surface area (Å²) in [6.07, 6.45) is 2.81. The van der Waals surface area contributed by atoms with Gasteiger partial charge in [-0.15, -0.1) is 0 Å². The van der Waals surface area contributed by atoms with Gasteiger partial charge in [-0.05, 0) is 12.8 Å². The number of hydrazine groups is 1. The predicted octanol–water partition coefficient (Wildman–Crippen LogP) is 1.05. The lowest BCUT2D eigenvalue weighted by Crippen LogP contribution is -2.45. The van der Waals surface area contributed by atoms with Crippen molar-refractivity contribution in [3.8, 4) is 0 Å². The molecular weight excluding hydrogens is 156 g/mol. The zero-order valence-corrected chi connectivity index (χ0v) is 7.78. The Morgan fingerprint density at radius 2 is 1.27 bits per heavy atom. The van der Waals surface area contributed by atoms with Gasteiger partial charge in [0, 0.05) is 37.7 Å². The van der Waals surface area contributed by atoms with Gasteiger partial charge in [0.2, 0.25) is 0 Å². The lowest BCUT2D eigenvalue weighted by Gasteiger charge is -2.34. The van der Waals surface area contributed by atoms with Gasteiger partial charge in [0.05, 0.1) is 0 Å². The summed E-state index contributed by atoms with van der Waals surface area (Å²) >= 11 is 2.09. The van der Waals surface area contributed by atoms with E-state index in [1.54, 1.807) is 0 Å². The van der Waals surface area contributed by atoms with Crippen molar-refractivity contribution in [1.82, 2.24) is 10.0 Å². The van der Waals surface area contributed by atoms with Crippen LogP contribution in [0.3, 0.4) is 0 Å². The van der Waals surface area contributed by atoms with Crippen molar-refractivity contribution in [3.05, 3.63) is 0 Å². The average Bonchev–Trinajstić information content (AvgIpc) is 2.58. The molecule has 0 bridgehead atoms. The van der Waals surface area contributed by atoms with Crippen molar-refractivity contribution in [2.75, 3.05) is 37.7 Å². The van der Waals surface area contributed by atoms with E-state index in [0.717, 1.165) is 0 Å². The number of hydrogen-bond donors (Lipinski definition) is 0. The highest BCUT2D eigenvalue weighted by Crippen LogP contribution is 2.16. The maximum atomic E-state index is 2.55. The number of thioether (sulfide) groups is 1. The second-order valence-corrected chi connectivity index (χ2v) is 4.45. The highest BCUT2D eigenvalue weighted by Gasteiger charge is 2.20. The second kappa shape index (κ2) is 3.78. The van der Waals surface area contributed by atoms with Crippen LogP contribution in [-0.4, -0.2) is 47.7 Å². The maximum absolute atomic E-state index is 2.55. The summed E-state index contributed by atoms with van der Waals surface area (Å²) in [4.78, 5) is 0. The van der Waals surface area contributed by atoms with Crippen LogP contribution in [0.2, 0.25) is 0 Å². The fraction of sp³-hybridized carbons (Fsp3) is 1.00. The normalized spacial score (nSPS) is 29.5. The Morgan fingerprint density at radius 1 is 0.727 bits per heavy atom. The minimum absolute atomic E-state index is 1.28. The smallest absolute Gasteiger partial charge is 0.0224 e. The Bertz CT molecular complexity index is 117. The van der Waals surface area contributed by atoms with E-state index >= 15 is 0 Å². The Balaban J connectivity index is 1.82. The molecule has 2 heterocycles. The van der Waals surface area contributed by atoms with Crippen LogP contribution in [0.4, 0.5) is 0 Å². The van der Waals surface area contributed by atoms with E-state index < -0.39 is 0 Å². The van der Waals surface area contributed by atoms with E-state index in [0.29, 0.717) is 0 Å². The van der Waals surface area contributed by atoms with Gasteiger partial charge >= 0.3 is 0 Å². The molecule has 0 aromatic carbocycles. The molecular formula is C8H16N2S. The molecule has 2 aliphatic heterocycles. The molecule has 11 heavy (non-hydrogen) atoms. The largest absolute Gasteiger partial charge is 0.242 e. The first kappa shape index (κ1) is 7.90. The fourth-order valence-electron chi connectivity index (χ4n) is 1.82. The molecule has 0 saturated carbocycles. The quantitative estimate of drug-likeness (QED) is 0.583. The van der Waals surface area contributed by atoms with Crippen molar-refractivity contribution >= 4 is 11.8 Å². The molecule has 2 fully saturated rings. The van der Waals surface area contributed by atoms with E-state index in [1.807, 2.05) is 0 Å². The SMILES string of the molecule is C1CCN(N2CCSCC2)C1. The molecule has 3 heteroatoms. The Labute approximate surface area is 72.9 Å². The first-order valence-electron chi connectivity index (χ1n) is 4.54. The predicted molar refractivity (Wildman–Crippen MR) is 49.7 cm³/mol. The number of hydrogen-bond acceptors (Lipinski definition) is 3. The Hall–Kier alpha value is 0.270. The molecule has 0 atom stereocenters. The summed E-state index contributed by atoms with van der Waals surface area (Å²) in [6, 6.07) is 0. The molecule has 2 saturated heterocycles. The Kier molecular flexibility index (Phi) is 2.72. The van der Waals surface area contributed by atoms with Crippen molar-refractivity contribution < 1.29 is 0 Å². The van der Waals surface area contributed by atoms with Gasteiger partial charge in [-0.25, -0.2) is 10.0 Å². The number of nitrogens with zero attached hydrogens (tertiary/aromatic N) is 2. The summed E-state index contributed by atoms with van der Waals surface area (Å²) in [5.41, 5.74) is 0. The molecule has 64 valence electrons. The monoisotopic (exact) mass is 172 g/mol. The molecule has 0 radical (unpaired) electrons. The van der Waals surface area contributed by atoms with Gasteiger partial charge in [0.1, 0.15) is 0 Å². The maximum Gasteiger partial charge on any atom is 0.0224 e. The summed E-state index contributed by atoms with van der Waals surface area (Å²) in [7, 11) is 0. The molecule has 2 rings (SSSR count). The molecule has 0 amide bonds. The first-order chi connectivity index (χ1) is 5.47. The lowest BCUT2D eigenvalue weighted by molar-refractivity contribution is 0.00702. The molecule has 0 aromatic heterocycles. The van der Waals surface area contributed by atoms with E-state index in [9.17, 15) is 0 Å². The zero-order chi connectivity index (χ0) is 7.52. The van der Waals surface area contributed by atoms with Gasteiger partial charge in [-0.3, -0.25) is 0 Å². The van der Waals surface area contributed by atoms with Crippen LogP contribution in [-0.2, 0) is 0 Å². The summed E-state index contributed by atoms with van der Waals surface area (Å²) in [5.74, 6) is 2.66. The summed E-state index contributed by atoms with van der Waals surface area (Å²) in [6.45, 7) is 5.19. The van der Waals surface area contributed by atoms with Crippen molar-refractivity contribution in [1.29, 1.82) is 0 Å². The van der Waals surface area contributed by atoms with Gasteiger partial charge in [0.25, 0.3) is 0 Å². The van der Waals surface area contributed by atoms with Crippen LogP contribution in [0.25, 0.3) is 0 Å². The molecule has 0 unspecified atom stereocenters. The van der Waals surface area contributed by atoms with E-state index in [-0.39, 0.29) is 0 Å². The van der Waals surface area contributed by atoms with Crippen LogP contribution in [0.5, 0.6) is 0 Å². The minimum Gasteiger partial charge on any atom is -0.242 e. The molecule has 0 aromatic rings. The first-order valence-corrected chi connectivity index (χ1v) is 5.70. The van der Waals surface area contributed by atoms with Crippen LogP contribution in [0.15, 0.2) is 0 Å². The highest BCUT2D eigenvalue weighted by atomic mass is 32.2. The standard InChI is InChI=1S/C8H16N2S/c1-2-4-9(3-1)10-5-7-11-8-6-10/h1-8H2. The van der Waals surface area contributed by atoms with Gasteiger partial charge in [-0.2, -0.15) is 11.8 Å². The molecule has 2 nitrogen and oxygen atoms in total. The van der Waals surface area contributed by atoms with Crippen molar-refractivity contribution in [2.24, 2.45) is 0 Å². The minimum atomic E-state index is 1.28. The van der Waals surface area contributed by atoms with Crippen LogP contribution >= 0.6 is 11.8 Å². The van der Waals surface area contributed by atoms with E-state index in [2.05, 4.69) is 21.8 Å². The van der Waals surface area contributed by atoms with Crippen molar-refractivity contribution in [3.63, 3.8) is 0 Å². The third-order valence-electron chi connectivity index (χ3n) is 2.47. The molecule has 0 spiro atoms. The number of rotatable bonds is 1. The van der Waals surface area contributed by atoms with Crippen molar-refractivity contribution in [2.45, 2.75) is 12.8 Å². The Morgan fingerprint density at radius 3 is 1.91 bits per heavy atom. The highest BCUT2D eigenvalue weighted by molar-refractivity contribution is 7.99. The third kappa shape index (κ3) is 1.89. The van der Waals surface area contributed by atoms with Gasteiger partial charge in [0.15, 0.2) is 0 Å². The van der Waals surface area contributed by atoms with Crippen LogP contribution < -0.4 is 0 Å². The van der Waals surface area contributed by atoms with Crippen LogP contribution in [0.1, 0.15) is 12.8 Å². The molecule has 0 aliphatic carbocycles. The topological polar surface area (TPSA) is 6.48 Å². The second-order valence-electron chi connectivity index (χ2n) is 3.23. The fourth-order valence-corrected chi connectivity index (χ4v) is 2.70. The molecule has 2 aliphatic rings. The average molecular weight is 172 g/mol.